The molecule has 0 radical (unpaired) electrons. The first-order valence-corrected chi connectivity index (χ1v) is 16.7. The van der Waals surface area contributed by atoms with Gasteiger partial charge in [-0.15, -0.1) is 0 Å². The Morgan fingerprint density at radius 2 is 1.36 bits per heavy atom. The maximum absolute atomic E-state index is 10.7. The molecule has 10 N–H and O–H groups in total. The maximum Gasteiger partial charge on any atom is 0.322 e. The number of likely N-dealkylation sites (N-methyl/N-ethyl adjacent to an activating group) is 2. The van der Waals surface area contributed by atoms with Gasteiger partial charge in [0.25, 0.3) is 0 Å². The predicted molar refractivity (Wildman–Crippen MR) is 189 cm³/mol. The number of carbonyl (C=O) groups is 3. The highest BCUT2D eigenvalue weighted by Crippen LogP contribution is 2.11. The number of unbranched alkanes of at least 4 members (excludes halogenated alkanes) is 1. The van der Waals surface area contributed by atoms with Crippen molar-refractivity contribution in [1.82, 2.24) is 40.9 Å². The number of aliphatic hydroxyl groups is 1. The molecule has 4 heterocycles. The van der Waals surface area contributed by atoms with E-state index in [0.717, 1.165) is 78.2 Å². The third-order valence-corrected chi connectivity index (χ3v) is 8.67. The summed E-state index contributed by atoms with van der Waals surface area (Å²) >= 11 is 0. The van der Waals surface area contributed by atoms with Gasteiger partial charge in [-0.25, -0.2) is 0 Å². The lowest BCUT2D eigenvalue weighted by molar-refractivity contribution is -0.140. The van der Waals surface area contributed by atoms with Crippen molar-refractivity contribution in [3.05, 3.63) is 12.3 Å². The molecule has 4 fully saturated rings. The Bertz CT molecular complexity index is 882. The molecule has 15 nitrogen and oxygen atoms in total. The first-order chi connectivity index (χ1) is 21.9. The number of nitrogens with one attached hydrogen (secondary N) is 4. The minimum absolute atomic E-state index is 0. The molecule has 1 unspecified atom stereocenters. The van der Waals surface area contributed by atoms with E-state index in [4.69, 9.17) is 21.7 Å². The van der Waals surface area contributed by atoms with E-state index in [0.29, 0.717) is 31.7 Å². The number of piperidine rings is 1. The predicted octanol–water partition coefficient (Wildman–Crippen LogP) is -1.34. The lowest BCUT2D eigenvalue weighted by Crippen LogP contribution is -2.52. The van der Waals surface area contributed by atoms with E-state index in [-0.39, 0.29) is 37.1 Å². The number of amides is 2. The molecule has 0 saturated carbocycles. The summed E-state index contributed by atoms with van der Waals surface area (Å²) in [6.07, 6.45) is 5.69. The topological polar surface area (TPSA) is 205 Å². The molecular weight excluding hydrogens is 604 g/mol. The molecule has 0 bridgehead atoms. The average molecular weight is 673 g/mol. The van der Waals surface area contributed by atoms with Crippen LogP contribution in [0.3, 0.4) is 0 Å². The third-order valence-electron chi connectivity index (χ3n) is 8.67. The number of carboxylic acids is 1. The lowest BCUT2D eigenvalue weighted by Gasteiger charge is -2.33. The van der Waals surface area contributed by atoms with Crippen LogP contribution in [0.5, 0.6) is 0 Å². The highest BCUT2D eigenvalue weighted by molar-refractivity contribution is 5.76. The second-order valence-electron chi connectivity index (χ2n) is 12.5. The van der Waals surface area contributed by atoms with Gasteiger partial charge in [-0.05, 0) is 53.4 Å². The van der Waals surface area contributed by atoms with Crippen molar-refractivity contribution in [2.75, 3.05) is 106 Å². The first-order valence-electron chi connectivity index (χ1n) is 16.7. The van der Waals surface area contributed by atoms with Crippen LogP contribution in [0.1, 0.15) is 46.5 Å². The summed E-state index contributed by atoms with van der Waals surface area (Å²) in [4.78, 5) is 40.4. The number of carboxylic acid groups (broad SMARTS) is 1. The van der Waals surface area contributed by atoms with Crippen LogP contribution in [0.25, 0.3) is 0 Å². The fourth-order valence-corrected chi connectivity index (χ4v) is 5.65. The Hall–Kier alpha value is -2.37. The summed E-state index contributed by atoms with van der Waals surface area (Å²) in [5.41, 5.74) is 10.2. The van der Waals surface area contributed by atoms with Gasteiger partial charge in [0.15, 0.2) is 0 Å². The van der Waals surface area contributed by atoms with E-state index in [1.54, 1.807) is 0 Å². The van der Waals surface area contributed by atoms with Gasteiger partial charge in [0.1, 0.15) is 11.8 Å². The van der Waals surface area contributed by atoms with Crippen molar-refractivity contribution in [2.24, 2.45) is 11.5 Å². The molecule has 4 aliphatic rings. The fourth-order valence-electron chi connectivity index (χ4n) is 5.65. The molecule has 0 aromatic rings. The summed E-state index contributed by atoms with van der Waals surface area (Å²) in [5.74, 6) is -0.950. The van der Waals surface area contributed by atoms with Gasteiger partial charge >= 0.3 is 5.97 Å². The number of carbonyl (C=O) groups excluding carboxylic acids is 2. The van der Waals surface area contributed by atoms with Crippen LogP contribution in [0.2, 0.25) is 0 Å². The summed E-state index contributed by atoms with van der Waals surface area (Å²) in [5, 5.41) is 30.0. The SMILES string of the molecule is C.C=C(O)[C@@H]1C[C@H](NC)CN1.CCCCN1CCN(CC(N)=O)CC1.CN1CCNC(C(=O)O)C1.CNC1CCN(CC(N)=O)CC1. The Labute approximate surface area is 283 Å². The molecule has 0 aromatic heterocycles. The van der Waals surface area contributed by atoms with Crippen LogP contribution in [0, 0.1) is 0 Å². The number of aliphatic hydroxyl groups excluding tert-OH is 1. The van der Waals surface area contributed by atoms with Gasteiger partial charge in [0.05, 0.1) is 19.1 Å². The molecule has 276 valence electrons. The van der Waals surface area contributed by atoms with Crippen LogP contribution < -0.4 is 32.7 Å². The number of piperazine rings is 2. The van der Waals surface area contributed by atoms with Gasteiger partial charge in [0, 0.05) is 77.5 Å². The van der Waals surface area contributed by atoms with Crippen LogP contribution in [-0.2, 0) is 14.4 Å². The van der Waals surface area contributed by atoms with E-state index in [9.17, 15) is 14.4 Å². The fraction of sp³-hybridized carbons (Fsp3) is 0.844. The molecule has 47 heavy (non-hydrogen) atoms. The van der Waals surface area contributed by atoms with Crippen LogP contribution in [0.4, 0.5) is 0 Å². The van der Waals surface area contributed by atoms with Gasteiger partial charge < -0.3 is 52.7 Å². The molecule has 3 atom stereocenters. The Kier molecular flexibility index (Phi) is 24.3. The zero-order chi connectivity index (χ0) is 34.5. The molecule has 2 amide bonds. The molecule has 0 aliphatic carbocycles. The number of primary amides is 2. The minimum atomic E-state index is -0.758. The second-order valence-corrected chi connectivity index (χ2v) is 12.5. The lowest BCUT2D eigenvalue weighted by atomic mass is 10.1. The number of nitrogens with two attached hydrogens (primary N) is 2. The zero-order valence-electron chi connectivity index (χ0n) is 28.8. The average Bonchev–Trinajstić information content (AvgIpc) is 3.52. The van der Waals surface area contributed by atoms with E-state index in [1.165, 1.54) is 19.4 Å². The molecule has 0 spiro atoms. The van der Waals surface area contributed by atoms with Crippen molar-refractivity contribution in [1.29, 1.82) is 0 Å². The second kappa shape index (κ2) is 25.6. The minimum Gasteiger partial charge on any atom is -0.511 e. The number of nitrogens with zero attached hydrogens (tertiary/aromatic N) is 4. The van der Waals surface area contributed by atoms with Gasteiger partial charge in [-0.1, -0.05) is 27.4 Å². The Morgan fingerprint density at radius 3 is 1.74 bits per heavy atom. The van der Waals surface area contributed by atoms with E-state index >= 15 is 0 Å². The number of hydrogen-bond acceptors (Lipinski definition) is 12. The smallest absolute Gasteiger partial charge is 0.322 e. The summed E-state index contributed by atoms with van der Waals surface area (Å²) in [6, 6.07) is 0.819. The monoisotopic (exact) mass is 673 g/mol. The van der Waals surface area contributed by atoms with Crippen LogP contribution in [0.15, 0.2) is 12.3 Å². The first kappa shape index (κ1) is 44.6. The summed E-state index contributed by atoms with van der Waals surface area (Å²) in [7, 11) is 5.83. The Balaban J connectivity index is 0.000000602. The normalized spacial score (nSPS) is 24.2. The molecule has 4 saturated heterocycles. The quantitative estimate of drug-likeness (QED) is 0.120. The third kappa shape index (κ3) is 20.6. The maximum atomic E-state index is 10.7. The van der Waals surface area contributed by atoms with Crippen molar-refractivity contribution in [3.63, 3.8) is 0 Å². The number of aliphatic carboxylic acids is 1. The van der Waals surface area contributed by atoms with Gasteiger partial charge in [0.2, 0.25) is 11.8 Å². The van der Waals surface area contributed by atoms with Crippen LogP contribution in [-0.4, -0.2) is 178 Å². The van der Waals surface area contributed by atoms with Crippen molar-refractivity contribution >= 4 is 17.8 Å². The van der Waals surface area contributed by atoms with E-state index < -0.39 is 5.97 Å². The number of likely N-dealkylation sites (tertiary alicyclic amines) is 1. The Morgan fingerprint density at radius 1 is 0.830 bits per heavy atom. The molecule has 0 aromatic carbocycles. The summed E-state index contributed by atoms with van der Waals surface area (Å²) < 4.78 is 0. The standard InChI is InChI=1S/C10H21N3O.C8H17N3O.C7H14N2O.C6H12N2O2.CH4/c1-2-3-4-12-5-7-13(8-6-12)9-10(11)14;1-10-7-2-4-11(5-3-7)6-8(9)12;1-5(10)7-3-6(8-2)4-9-7;1-8-3-2-7-5(4-8)6(9)10;/h2-9H2,1H3,(H2,11,14);7,10H,2-6H2,1H3,(H2,9,12);6-10H,1,3-4H2,2H3;5,7H,2-4H2,1H3,(H,9,10);1H4/t;;6-,7-;;/m..0../s1. The molecule has 15 heteroatoms. The summed E-state index contributed by atoms with van der Waals surface area (Å²) in [6.45, 7) is 17.0. The van der Waals surface area contributed by atoms with Crippen molar-refractivity contribution < 1.29 is 24.6 Å². The van der Waals surface area contributed by atoms with Crippen LogP contribution >= 0.6 is 0 Å². The van der Waals surface area contributed by atoms with E-state index in [1.807, 2.05) is 26.0 Å². The number of hydrogen-bond donors (Lipinski definition) is 8. The molecule has 4 aliphatic heterocycles. The zero-order valence-corrected chi connectivity index (χ0v) is 28.8. The van der Waals surface area contributed by atoms with Crippen molar-refractivity contribution in [2.45, 2.75) is 70.6 Å². The highest BCUT2D eigenvalue weighted by Gasteiger charge is 2.24. The van der Waals surface area contributed by atoms with Crippen molar-refractivity contribution in [3.8, 4) is 0 Å². The largest absolute Gasteiger partial charge is 0.511 e. The number of rotatable bonds is 11. The van der Waals surface area contributed by atoms with E-state index in [2.05, 4.69) is 49.5 Å². The van der Waals surface area contributed by atoms with Gasteiger partial charge in [-0.2, -0.15) is 0 Å². The molecular formula is C32H68N10O5. The highest BCUT2D eigenvalue weighted by atomic mass is 16.4. The molecule has 4 rings (SSSR count). The van der Waals surface area contributed by atoms with Gasteiger partial charge in [-0.3, -0.25) is 24.2 Å².